The van der Waals surface area contributed by atoms with Gasteiger partial charge in [0.2, 0.25) is 5.88 Å². The van der Waals surface area contributed by atoms with Crippen LogP contribution in [0.5, 0.6) is 5.88 Å². The van der Waals surface area contributed by atoms with Crippen LogP contribution in [0.25, 0.3) is 0 Å². The van der Waals surface area contributed by atoms with Crippen molar-refractivity contribution < 1.29 is 4.74 Å². The van der Waals surface area contributed by atoms with Crippen molar-refractivity contribution in [2.45, 2.75) is 52.6 Å². The van der Waals surface area contributed by atoms with Gasteiger partial charge in [-0.1, -0.05) is 26.7 Å². The van der Waals surface area contributed by atoms with Crippen molar-refractivity contribution in [1.29, 1.82) is 0 Å². The maximum Gasteiger partial charge on any atom is 0.216 e. The molecule has 0 atom stereocenters. The molecule has 0 N–H and O–H groups in total. The molecule has 0 saturated heterocycles. The lowest BCUT2D eigenvalue weighted by atomic mass is 10.1. The lowest BCUT2D eigenvalue weighted by Gasteiger charge is -2.16. The largest absolute Gasteiger partial charge is 0.474 e. The van der Waals surface area contributed by atoms with Crippen molar-refractivity contribution in [3.63, 3.8) is 0 Å². The van der Waals surface area contributed by atoms with Crippen LogP contribution >= 0.6 is 0 Å². The van der Waals surface area contributed by atoms with Crippen LogP contribution in [0.15, 0.2) is 12.4 Å². The molecule has 0 saturated carbocycles. The minimum Gasteiger partial charge on any atom is -0.474 e. The molecular formula is C12H20N2O. The SMILES string of the molecule is CCCC(CCC)Oc1cc(C)ncn1. The van der Waals surface area contributed by atoms with E-state index in [1.165, 1.54) is 0 Å². The fourth-order valence-electron chi connectivity index (χ4n) is 1.57. The van der Waals surface area contributed by atoms with Crippen LogP contribution in [0, 0.1) is 6.92 Å². The fraction of sp³-hybridized carbons (Fsp3) is 0.667. The maximum atomic E-state index is 5.82. The van der Waals surface area contributed by atoms with E-state index in [4.69, 9.17) is 4.74 Å². The molecule has 0 radical (unpaired) electrons. The molecule has 1 aromatic rings. The molecule has 0 unspecified atom stereocenters. The first-order valence-electron chi connectivity index (χ1n) is 5.71. The van der Waals surface area contributed by atoms with Gasteiger partial charge >= 0.3 is 0 Å². The average Bonchev–Trinajstić information content (AvgIpc) is 2.18. The monoisotopic (exact) mass is 208 g/mol. The molecule has 0 aliphatic carbocycles. The van der Waals surface area contributed by atoms with E-state index >= 15 is 0 Å². The van der Waals surface area contributed by atoms with Gasteiger partial charge in [0.05, 0.1) is 0 Å². The molecular weight excluding hydrogens is 188 g/mol. The molecule has 0 aliphatic rings. The third-order valence-corrected chi connectivity index (χ3v) is 2.29. The van der Waals surface area contributed by atoms with Gasteiger partial charge in [-0.05, 0) is 19.8 Å². The van der Waals surface area contributed by atoms with Crippen molar-refractivity contribution in [2.75, 3.05) is 0 Å². The molecule has 15 heavy (non-hydrogen) atoms. The number of aromatic nitrogens is 2. The number of ether oxygens (including phenoxy) is 1. The molecule has 1 rings (SSSR count). The smallest absolute Gasteiger partial charge is 0.216 e. The molecule has 0 fully saturated rings. The molecule has 0 bridgehead atoms. The minimum absolute atomic E-state index is 0.300. The standard InChI is InChI=1S/C12H20N2O/c1-4-6-11(7-5-2)15-12-8-10(3)13-9-14-12/h8-9,11H,4-7H2,1-3H3. The van der Waals surface area contributed by atoms with Crippen LogP contribution in [0.4, 0.5) is 0 Å². The lowest BCUT2D eigenvalue weighted by molar-refractivity contribution is 0.171. The van der Waals surface area contributed by atoms with Gasteiger partial charge in [0, 0.05) is 11.8 Å². The van der Waals surface area contributed by atoms with Crippen LogP contribution in [0.3, 0.4) is 0 Å². The second-order valence-electron chi connectivity index (χ2n) is 3.81. The Morgan fingerprint density at radius 1 is 1.20 bits per heavy atom. The van der Waals surface area contributed by atoms with Crippen molar-refractivity contribution >= 4 is 0 Å². The minimum atomic E-state index is 0.300. The van der Waals surface area contributed by atoms with Crippen LogP contribution in [0.1, 0.15) is 45.2 Å². The second-order valence-corrected chi connectivity index (χ2v) is 3.81. The summed E-state index contributed by atoms with van der Waals surface area (Å²) in [5.74, 6) is 0.703. The third-order valence-electron chi connectivity index (χ3n) is 2.29. The van der Waals surface area contributed by atoms with Crippen LogP contribution in [-0.2, 0) is 0 Å². The number of hydrogen-bond acceptors (Lipinski definition) is 3. The molecule has 84 valence electrons. The fourth-order valence-corrected chi connectivity index (χ4v) is 1.57. The van der Waals surface area contributed by atoms with Gasteiger partial charge in [0.1, 0.15) is 12.4 Å². The predicted octanol–water partition coefficient (Wildman–Crippen LogP) is 3.13. The number of nitrogens with zero attached hydrogens (tertiary/aromatic N) is 2. The Morgan fingerprint density at radius 2 is 1.87 bits per heavy atom. The summed E-state index contributed by atoms with van der Waals surface area (Å²) in [5, 5.41) is 0. The van der Waals surface area contributed by atoms with Crippen molar-refractivity contribution in [3.05, 3.63) is 18.1 Å². The van der Waals surface area contributed by atoms with E-state index in [-0.39, 0.29) is 0 Å². The Labute approximate surface area is 91.9 Å². The summed E-state index contributed by atoms with van der Waals surface area (Å²) in [6.07, 6.45) is 6.34. The van der Waals surface area contributed by atoms with Gasteiger partial charge in [-0.25, -0.2) is 9.97 Å². The van der Waals surface area contributed by atoms with Gasteiger partial charge < -0.3 is 4.74 Å². The van der Waals surface area contributed by atoms with Gasteiger partial charge in [-0.2, -0.15) is 0 Å². The zero-order valence-corrected chi connectivity index (χ0v) is 9.86. The highest BCUT2D eigenvalue weighted by Crippen LogP contribution is 2.14. The number of hydrogen-bond donors (Lipinski definition) is 0. The van der Waals surface area contributed by atoms with Gasteiger partial charge in [-0.3, -0.25) is 0 Å². The summed E-state index contributed by atoms with van der Waals surface area (Å²) in [6.45, 7) is 6.30. The molecule has 3 nitrogen and oxygen atoms in total. The molecule has 0 amide bonds. The first-order chi connectivity index (χ1) is 7.26. The Bertz CT molecular complexity index is 283. The maximum absolute atomic E-state index is 5.82. The summed E-state index contributed by atoms with van der Waals surface area (Å²) in [5.41, 5.74) is 0.951. The van der Waals surface area contributed by atoms with Crippen LogP contribution < -0.4 is 4.74 Å². The summed E-state index contributed by atoms with van der Waals surface area (Å²) in [7, 11) is 0. The number of aryl methyl sites for hydroxylation is 1. The molecule has 3 heteroatoms. The predicted molar refractivity (Wildman–Crippen MR) is 61.0 cm³/mol. The zero-order valence-electron chi connectivity index (χ0n) is 9.86. The average molecular weight is 208 g/mol. The summed E-state index contributed by atoms with van der Waals surface area (Å²) < 4.78 is 5.82. The first kappa shape index (κ1) is 12.0. The topological polar surface area (TPSA) is 35.0 Å². The quantitative estimate of drug-likeness (QED) is 0.720. The summed E-state index contributed by atoms with van der Waals surface area (Å²) in [6, 6.07) is 1.89. The van der Waals surface area contributed by atoms with E-state index in [1.807, 2.05) is 13.0 Å². The van der Waals surface area contributed by atoms with E-state index in [1.54, 1.807) is 6.33 Å². The van der Waals surface area contributed by atoms with Crippen molar-refractivity contribution in [2.24, 2.45) is 0 Å². The molecule has 0 aliphatic heterocycles. The highest BCUT2D eigenvalue weighted by molar-refractivity contribution is 5.12. The molecule has 1 heterocycles. The number of rotatable bonds is 6. The summed E-state index contributed by atoms with van der Waals surface area (Å²) >= 11 is 0. The molecule has 0 spiro atoms. The lowest BCUT2D eigenvalue weighted by Crippen LogP contribution is -2.16. The molecule has 0 aromatic carbocycles. The second kappa shape index (κ2) is 6.38. The highest BCUT2D eigenvalue weighted by atomic mass is 16.5. The van der Waals surface area contributed by atoms with Gasteiger partial charge in [-0.15, -0.1) is 0 Å². The van der Waals surface area contributed by atoms with E-state index < -0.39 is 0 Å². The Hall–Kier alpha value is -1.12. The van der Waals surface area contributed by atoms with E-state index in [0.29, 0.717) is 12.0 Å². The third kappa shape index (κ3) is 4.28. The Morgan fingerprint density at radius 3 is 2.40 bits per heavy atom. The van der Waals surface area contributed by atoms with Crippen LogP contribution in [0.2, 0.25) is 0 Å². The van der Waals surface area contributed by atoms with Crippen molar-refractivity contribution in [1.82, 2.24) is 9.97 Å². The molecule has 1 aromatic heterocycles. The Kier molecular flexibility index (Phi) is 5.08. The van der Waals surface area contributed by atoms with E-state index in [0.717, 1.165) is 31.4 Å². The van der Waals surface area contributed by atoms with E-state index in [9.17, 15) is 0 Å². The van der Waals surface area contributed by atoms with E-state index in [2.05, 4.69) is 23.8 Å². The highest BCUT2D eigenvalue weighted by Gasteiger charge is 2.09. The first-order valence-corrected chi connectivity index (χ1v) is 5.71. The Balaban J connectivity index is 2.56. The van der Waals surface area contributed by atoms with Crippen molar-refractivity contribution in [3.8, 4) is 5.88 Å². The van der Waals surface area contributed by atoms with Crippen LogP contribution in [-0.4, -0.2) is 16.1 Å². The van der Waals surface area contributed by atoms with Gasteiger partial charge in [0.15, 0.2) is 0 Å². The summed E-state index contributed by atoms with van der Waals surface area (Å²) in [4.78, 5) is 8.16. The zero-order chi connectivity index (χ0) is 11.1. The van der Waals surface area contributed by atoms with Gasteiger partial charge in [0.25, 0.3) is 0 Å². The normalized spacial score (nSPS) is 10.7.